The lowest BCUT2D eigenvalue weighted by Crippen LogP contribution is -2.58. The number of amides is 3. The first-order chi connectivity index (χ1) is 15.8. The highest BCUT2D eigenvalue weighted by Gasteiger charge is 2.31. The van der Waals surface area contributed by atoms with Crippen molar-refractivity contribution in [2.75, 3.05) is 13.2 Å². The van der Waals surface area contributed by atoms with Gasteiger partial charge in [0.2, 0.25) is 17.7 Å². The third-order valence-corrected chi connectivity index (χ3v) is 4.44. The summed E-state index contributed by atoms with van der Waals surface area (Å²) in [6, 6.07) is -5.82. The van der Waals surface area contributed by atoms with E-state index in [1.165, 1.54) is 0 Å². The van der Waals surface area contributed by atoms with E-state index < -0.39 is 73.0 Å². The van der Waals surface area contributed by atoms with E-state index in [1.54, 1.807) is 0 Å². The fourth-order valence-electron chi connectivity index (χ4n) is 2.59. The minimum absolute atomic E-state index is 0.0732. The molecular formula is C18H33N7O9. The molecule has 0 radical (unpaired) electrons. The van der Waals surface area contributed by atoms with Crippen LogP contribution in [0.1, 0.15) is 32.6 Å². The first-order valence-electron chi connectivity index (χ1n) is 10.3. The predicted octanol–water partition coefficient (Wildman–Crippen LogP) is -4.86. The third kappa shape index (κ3) is 11.9. The number of nitrogens with zero attached hydrogens (tertiary/aromatic N) is 1. The smallest absolute Gasteiger partial charge is 0.328 e. The molecule has 0 fully saturated rings. The zero-order valence-electron chi connectivity index (χ0n) is 18.6. The highest BCUT2D eigenvalue weighted by atomic mass is 16.4. The molecule has 13 N–H and O–H groups in total. The minimum atomic E-state index is -1.67. The predicted molar refractivity (Wildman–Crippen MR) is 117 cm³/mol. The monoisotopic (exact) mass is 491 g/mol. The van der Waals surface area contributed by atoms with Crippen LogP contribution < -0.4 is 33.2 Å². The van der Waals surface area contributed by atoms with Crippen LogP contribution in [0.4, 0.5) is 0 Å². The molecule has 0 aromatic rings. The number of nitrogens with one attached hydrogen (secondary N) is 3. The van der Waals surface area contributed by atoms with Crippen LogP contribution in [0.15, 0.2) is 4.99 Å². The van der Waals surface area contributed by atoms with E-state index in [1.807, 2.05) is 0 Å². The molecule has 0 aromatic carbocycles. The molecular weight excluding hydrogens is 458 g/mol. The van der Waals surface area contributed by atoms with Crippen molar-refractivity contribution in [2.45, 2.75) is 62.9 Å². The number of hydrogen-bond acceptors (Lipinski definition) is 9. The van der Waals surface area contributed by atoms with E-state index in [9.17, 15) is 34.2 Å². The summed E-state index contributed by atoms with van der Waals surface area (Å²) in [6.45, 7) is 0.489. The number of carbonyl (C=O) groups excluding carboxylic acids is 3. The number of aliphatic carboxylic acids is 2. The van der Waals surface area contributed by atoms with Crippen molar-refractivity contribution < 1.29 is 44.4 Å². The molecule has 0 aliphatic heterocycles. The van der Waals surface area contributed by atoms with Gasteiger partial charge in [0.15, 0.2) is 12.0 Å². The number of rotatable bonds is 16. The van der Waals surface area contributed by atoms with Gasteiger partial charge in [0.05, 0.1) is 12.7 Å². The van der Waals surface area contributed by atoms with E-state index in [0.29, 0.717) is 0 Å². The molecule has 0 saturated heterocycles. The fraction of sp³-hybridized carbons (Fsp3) is 0.667. The number of aliphatic hydroxyl groups excluding tert-OH is 2. The van der Waals surface area contributed by atoms with Crippen molar-refractivity contribution in [2.24, 2.45) is 22.2 Å². The molecule has 0 heterocycles. The summed E-state index contributed by atoms with van der Waals surface area (Å²) in [6.07, 6.45) is -2.24. The average molecular weight is 492 g/mol. The second-order valence-corrected chi connectivity index (χ2v) is 7.36. The fourth-order valence-corrected chi connectivity index (χ4v) is 2.59. The summed E-state index contributed by atoms with van der Waals surface area (Å²) in [7, 11) is 0. The summed E-state index contributed by atoms with van der Waals surface area (Å²) in [4.78, 5) is 63.4. The Bertz CT molecular complexity index is 756. The summed E-state index contributed by atoms with van der Waals surface area (Å²) in [5.41, 5.74) is 15.9. The Balaban J connectivity index is 5.62. The van der Waals surface area contributed by atoms with Gasteiger partial charge in [-0.1, -0.05) is 0 Å². The number of nitrogens with two attached hydrogens (primary N) is 3. The molecule has 194 valence electrons. The van der Waals surface area contributed by atoms with Gasteiger partial charge in [-0.15, -0.1) is 0 Å². The Kier molecular flexibility index (Phi) is 13.8. The maximum Gasteiger partial charge on any atom is 0.328 e. The lowest BCUT2D eigenvalue weighted by Gasteiger charge is -2.25. The third-order valence-electron chi connectivity index (χ3n) is 4.44. The second kappa shape index (κ2) is 15.4. The van der Waals surface area contributed by atoms with Crippen molar-refractivity contribution in [3.63, 3.8) is 0 Å². The Morgan fingerprint density at radius 1 is 0.912 bits per heavy atom. The average Bonchev–Trinajstić information content (AvgIpc) is 2.74. The molecule has 0 saturated carbocycles. The number of guanidine groups is 1. The maximum atomic E-state index is 12.8. The largest absolute Gasteiger partial charge is 0.481 e. The van der Waals surface area contributed by atoms with Crippen LogP contribution in [0.5, 0.6) is 0 Å². The summed E-state index contributed by atoms with van der Waals surface area (Å²) < 4.78 is 0. The molecule has 34 heavy (non-hydrogen) atoms. The van der Waals surface area contributed by atoms with Gasteiger partial charge < -0.3 is 53.6 Å². The van der Waals surface area contributed by atoms with Crippen LogP contribution >= 0.6 is 0 Å². The van der Waals surface area contributed by atoms with E-state index in [-0.39, 0.29) is 31.8 Å². The van der Waals surface area contributed by atoms with Gasteiger partial charge in [0.1, 0.15) is 18.1 Å². The molecule has 5 atom stereocenters. The number of aliphatic hydroxyl groups is 2. The molecule has 0 bridgehead atoms. The molecule has 16 heteroatoms. The van der Waals surface area contributed by atoms with Crippen LogP contribution in [-0.4, -0.2) is 99.5 Å². The summed E-state index contributed by atoms with van der Waals surface area (Å²) in [5.74, 6) is -5.82. The molecule has 16 nitrogen and oxygen atoms in total. The topological polar surface area (TPSA) is 293 Å². The van der Waals surface area contributed by atoms with Gasteiger partial charge in [-0.3, -0.25) is 24.2 Å². The second-order valence-electron chi connectivity index (χ2n) is 7.36. The minimum Gasteiger partial charge on any atom is -0.481 e. The normalized spacial score (nSPS) is 15.1. The van der Waals surface area contributed by atoms with Crippen LogP contribution in [0, 0.1) is 0 Å². The van der Waals surface area contributed by atoms with Gasteiger partial charge in [0.25, 0.3) is 0 Å². The first-order valence-corrected chi connectivity index (χ1v) is 10.3. The van der Waals surface area contributed by atoms with E-state index in [2.05, 4.69) is 20.9 Å². The Labute approximate surface area is 194 Å². The van der Waals surface area contributed by atoms with E-state index in [0.717, 1.165) is 6.92 Å². The Morgan fingerprint density at radius 3 is 1.91 bits per heavy atom. The SMILES string of the molecule is CC(O)C(NC(=O)C(CCCN=C(N)N)NC(=O)C(CCC(=O)O)NC(=O)C(N)CO)C(=O)O. The quantitative estimate of drug-likeness (QED) is 0.0552. The van der Waals surface area contributed by atoms with Crippen molar-refractivity contribution in [1.82, 2.24) is 16.0 Å². The number of carbonyl (C=O) groups is 5. The first kappa shape index (κ1) is 30.5. The van der Waals surface area contributed by atoms with Gasteiger partial charge in [0, 0.05) is 13.0 Å². The Hall–Kier alpha value is -3.50. The van der Waals surface area contributed by atoms with Gasteiger partial charge in [-0.25, -0.2) is 4.79 Å². The number of aliphatic imine (C=N–C) groups is 1. The lowest BCUT2D eigenvalue weighted by molar-refractivity contribution is -0.145. The number of hydrogen-bond donors (Lipinski definition) is 10. The summed E-state index contributed by atoms with van der Waals surface area (Å²) >= 11 is 0. The number of carboxylic acid groups (broad SMARTS) is 2. The van der Waals surface area contributed by atoms with Crippen LogP contribution in [0.2, 0.25) is 0 Å². The standard InChI is InChI=1S/C18H33N7O9/c1-8(27)13(17(33)34)25-16(32)10(3-2-6-22-18(20)21)24-15(31)11(4-5-12(28)29)23-14(30)9(19)7-26/h8-11,13,26-27H,2-7,19H2,1H3,(H,23,30)(H,24,31)(H,25,32)(H,28,29)(H,33,34)(H4,20,21,22). The Morgan fingerprint density at radius 2 is 1.44 bits per heavy atom. The van der Waals surface area contributed by atoms with Gasteiger partial charge >= 0.3 is 11.9 Å². The highest BCUT2D eigenvalue weighted by Crippen LogP contribution is 2.05. The number of carboxylic acids is 2. The van der Waals surface area contributed by atoms with Crippen LogP contribution in [0.25, 0.3) is 0 Å². The van der Waals surface area contributed by atoms with Crippen LogP contribution in [0.3, 0.4) is 0 Å². The molecule has 5 unspecified atom stereocenters. The van der Waals surface area contributed by atoms with E-state index in [4.69, 9.17) is 27.4 Å². The molecule has 0 spiro atoms. The van der Waals surface area contributed by atoms with Crippen molar-refractivity contribution in [3.05, 3.63) is 0 Å². The maximum absolute atomic E-state index is 12.8. The van der Waals surface area contributed by atoms with Crippen molar-refractivity contribution >= 4 is 35.6 Å². The van der Waals surface area contributed by atoms with E-state index >= 15 is 0 Å². The molecule has 3 amide bonds. The highest BCUT2D eigenvalue weighted by molar-refractivity contribution is 5.94. The zero-order chi connectivity index (χ0) is 26.4. The van der Waals surface area contributed by atoms with Crippen molar-refractivity contribution in [3.8, 4) is 0 Å². The molecule has 0 aliphatic rings. The van der Waals surface area contributed by atoms with Gasteiger partial charge in [-0.05, 0) is 26.2 Å². The lowest BCUT2D eigenvalue weighted by atomic mass is 10.1. The van der Waals surface area contributed by atoms with Gasteiger partial charge in [-0.2, -0.15) is 0 Å². The molecule has 0 aromatic heterocycles. The zero-order valence-corrected chi connectivity index (χ0v) is 18.6. The summed E-state index contributed by atoms with van der Waals surface area (Å²) in [5, 5.41) is 43.3. The van der Waals surface area contributed by atoms with Crippen molar-refractivity contribution in [1.29, 1.82) is 0 Å². The molecule has 0 rings (SSSR count). The molecule has 0 aliphatic carbocycles. The van der Waals surface area contributed by atoms with Crippen LogP contribution in [-0.2, 0) is 24.0 Å².